The van der Waals surface area contributed by atoms with Crippen LogP contribution < -0.4 is 11.5 Å². The van der Waals surface area contributed by atoms with E-state index in [-0.39, 0.29) is 0 Å². The molecule has 15 heavy (non-hydrogen) atoms. The van der Waals surface area contributed by atoms with Gasteiger partial charge in [0.05, 0.1) is 0 Å². The van der Waals surface area contributed by atoms with Crippen LogP contribution in [0.5, 0.6) is 0 Å². The zero-order chi connectivity index (χ0) is 12.2. The largest absolute Gasteiger partial charge is 0.388 e. The van der Waals surface area contributed by atoms with E-state index in [4.69, 9.17) is 26.6 Å². The van der Waals surface area contributed by atoms with Gasteiger partial charge in [-0.25, -0.2) is 8.78 Å². The first kappa shape index (κ1) is 14.9. The molecule has 4 atom stereocenters. The van der Waals surface area contributed by atoms with E-state index in [2.05, 4.69) is 0 Å². The molecule has 0 aliphatic heterocycles. The van der Waals surface area contributed by atoms with E-state index in [1.807, 2.05) is 0 Å². The lowest BCUT2D eigenvalue weighted by molar-refractivity contribution is 0.0929. The third kappa shape index (κ3) is 3.44. The predicted octanol–water partition coefficient (Wildman–Crippen LogP) is -1.51. The molecule has 0 aliphatic carbocycles. The van der Waals surface area contributed by atoms with Crippen LogP contribution in [-0.4, -0.2) is 52.2 Å². The van der Waals surface area contributed by atoms with Gasteiger partial charge in [0.15, 0.2) is 0 Å². The maximum absolute atomic E-state index is 13.1. The topological polar surface area (TPSA) is 130 Å². The van der Waals surface area contributed by atoms with E-state index < -0.39 is 44.5 Å². The van der Waals surface area contributed by atoms with Crippen LogP contribution in [0.1, 0.15) is 0 Å². The quantitative estimate of drug-likeness (QED) is 0.363. The minimum atomic E-state index is -5.01. The molecule has 0 bridgehead atoms. The van der Waals surface area contributed by atoms with Gasteiger partial charge in [-0.2, -0.15) is 0 Å². The second-order valence-electron chi connectivity index (χ2n) is 3.02. The van der Waals surface area contributed by atoms with Crippen LogP contribution in [0.15, 0.2) is 0 Å². The monoisotopic (exact) mass is 248 g/mol. The summed E-state index contributed by atoms with van der Waals surface area (Å²) in [6, 6.07) is 0. The first-order chi connectivity index (χ1) is 6.78. The van der Waals surface area contributed by atoms with Crippen molar-refractivity contribution in [2.24, 2.45) is 11.5 Å². The summed E-state index contributed by atoms with van der Waals surface area (Å²) < 4.78 is 37.4. The van der Waals surface area contributed by atoms with Crippen molar-refractivity contribution in [2.45, 2.75) is 24.0 Å². The molecule has 9 heteroatoms. The number of rotatable bonds is 6. The Kier molecular flexibility index (Phi) is 5.79. The molecule has 0 rings (SSSR count). The molecule has 0 spiro atoms. The molecule has 0 saturated heterocycles. The summed E-state index contributed by atoms with van der Waals surface area (Å²) in [5.41, 5.74) is 9.69. The maximum Gasteiger partial charge on any atom is 0.272 e. The number of alkyl halides is 2. The number of hydrogen-bond acceptors (Lipinski definition) is 5. The van der Waals surface area contributed by atoms with Crippen LogP contribution in [0.3, 0.4) is 0 Å². The highest BCUT2D eigenvalue weighted by molar-refractivity contribution is 7.59. The molecule has 0 aromatic carbocycles. The second-order valence-corrected chi connectivity index (χ2v) is 5.36. The van der Waals surface area contributed by atoms with Gasteiger partial charge >= 0.3 is 0 Å². The Morgan fingerprint density at radius 2 is 1.33 bits per heavy atom. The fourth-order valence-corrected chi connectivity index (χ4v) is 2.36. The Balaban J connectivity index is 4.73. The van der Waals surface area contributed by atoms with Crippen LogP contribution in [0, 0.1) is 0 Å². The van der Waals surface area contributed by atoms with Gasteiger partial charge in [0.1, 0.15) is 12.2 Å². The molecule has 0 saturated carbocycles. The first-order valence-corrected chi connectivity index (χ1v) is 5.95. The molecule has 7 N–H and O–H groups in total. The molecule has 6 nitrogen and oxygen atoms in total. The van der Waals surface area contributed by atoms with Crippen molar-refractivity contribution in [3.05, 3.63) is 0 Å². The van der Waals surface area contributed by atoms with Gasteiger partial charge in [0.25, 0.3) is 7.37 Å². The lowest BCUT2D eigenvalue weighted by Crippen LogP contribution is -2.37. The van der Waals surface area contributed by atoms with Crippen molar-refractivity contribution in [3.8, 4) is 0 Å². The van der Waals surface area contributed by atoms with Crippen LogP contribution in [0.25, 0.3) is 0 Å². The minimum Gasteiger partial charge on any atom is -0.388 e. The highest BCUT2D eigenvalue weighted by Crippen LogP contribution is 2.54. The van der Waals surface area contributed by atoms with Gasteiger partial charge in [-0.3, -0.25) is 4.57 Å². The van der Waals surface area contributed by atoms with Gasteiger partial charge in [-0.05, 0) is 0 Å². The third-order valence-electron chi connectivity index (χ3n) is 1.82. The number of halogens is 2. The van der Waals surface area contributed by atoms with E-state index in [1.165, 1.54) is 0 Å². The molecule has 0 radical (unpaired) electrons. The highest BCUT2D eigenvalue weighted by Gasteiger charge is 2.46. The average Bonchev–Trinajstić information content (AvgIpc) is 2.24. The zero-order valence-corrected chi connectivity index (χ0v) is 8.73. The Morgan fingerprint density at radius 1 is 1.07 bits per heavy atom. The van der Waals surface area contributed by atoms with Crippen molar-refractivity contribution in [1.29, 1.82) is 0 Å². The highest BCUT2D eigenvalue weighted by atomic mass is 31.2. The average molecular weight is 248 g/mol. The summed E-state index contributed by atoms with van der Waals surface area (Å²) in [5, 5.41) is 17.7. The summed E-state index contributed by atoms with van der Waals surface area (Å²) >= 11 is 0. The van der Waals surface area contributed by atoms with Crippen molar-refractivity contribution < 1.29 is 28.5 Å². The lowest BCUT2D eigenvalue weighted by Gasteiger charge is -2.25. The molecule has 4 unspecified atom stereocenters. The molecule has 0 aromatic rings. The molecule has 0 amide bonds. The summed E-state index contributed by atoms with van der Waals surface area (Å²) in [5.74, 6) is -5.47. The number of aliphatic hydroxyl groups is 2. The lowest BCUT2D eigenvalue weighted by atomic mass is 10.4. The minimum absolute atomic E-state index is 0.628. The molecule has 0 aromatic heterocycles. The Hall–Kier alpha value is -0.110. The Morgan fingerprint density at radius 3 is 1.53 bits per heavy atom. The van der Waals surface area contributed by atoms with Gasteiger partial charge in [-0.1, -0.05) is 0 Å². The second kappa shape index (κ2) is 5.83. The molecule has 0 fully saturated rings. The molecular weight excluding hydrogens is 233 g/mol. The fourth-order valence-electron chi connectivity index (χ4n) is 0.854. The summed E-state index contributed by atoms with van der Waals surface area (Å²) in [7, 11) is -5.01. The maximum atomic E-state index is 13.1. The summed E-state index contributed by atoms with van der Waals surface area (Å²) in [4.78, 5) is 9.03. The third-order valence-corrected chi connectivity index (χ3v) is 3.93. The van der Waals surface area contributed by atoms with E-state index in [0.29, 0.717) is 0 Å². The van der Waals surface area contributed by atoms with Crippen molar-refractivity contribution in [3.63, 3.8) is 0 Å². The van der Waals surface area contributed by atoms with Crippen LogP contribution >= 0.6 is 7.37 Å². The summed E-state index contributed by atoms with van der Waals surface area (Å²) in [6.07, 6.45) is -3.91. The predicted molar refractivity (Wildman–Crippen MR) is 49.7 cm³/mol. The van der Waals surface area contributed by atoms with E-state index in [1.54, 1.807) is 0 Å². The van der Waals surface area contributed by atoms with Crippen molar-refractivity contribution in [2.75, 3.05) is 13.1 Å². The van der Waals surface area contributed by atoms with Crippen LogP contribution in [0.2, 0.25) is 0 Å². The smallest absolute Gasteiger partial charge is 0.272 e. The van der Waals surface area contributed by atoms with Gasteiger partial charge in [0.2, 0.25) is 11.8 Å². The SMILES string of the molecule is NCC(O)C(F)P(=O)(O)C(F)C(O)CN. The van der Waals surface area contributed by atoms with Gasteiger partial charge in [-0.15, -0.1) is 0 Å². The summed E-state index contributed by atoms with van der Waals surface area (Å²) in [6.45, 7) is -1.26. The first-order valence-electron chi connectivity index (χ1n) is 4.15. The van der Waals surface area contributed by atoms with Crippen molar-refractivity contribution >= 4 is 7.37 Å². The number of hydrogen-bond donors (Lipinski definition) is 5. The molecular formula is C6H15F2N2O4P. The Bertz CT molecular complexity index is 225. The number of aliphatic hydroxyl groups excluding tert-OH is 2. The van der Waals surface area contributed by atoms with Gasteiger partial charge < -0.3 is 26.6 Å². The standard InChI is InChI=1S/C6H15F2N2O4P/c7-5(3(11)1-9)15(13,14)6(8)4(12)2-10/h3-6,11-12H,1-2,9-10H2,(H,13,14). The van der Waals surface area contributed by atoms with Gasteiger partial charge in [0, 0.05) is 13.1 Å². The molecule has 92 valence electrons. The van der Waals surface area contributed by atoms with Crippen LogP contribution in [-0.2, 0) is 4.57 Å². The van der Waals surface area contributed by atoms with E-state index in [0.717, 1.165) is 0 Å². The Labute approximate surface area is 85.3 Å². The number of nitrogens with two attached hydrogens (primary N) is 2. The zero-order valence-electron chi connectivity index (χ0n) is 7.83. The van der Waals surface area contributed by atoms with E-state index in [9.17, 15) is 13.3 Å². The van der Waals surface area contributed by atoms with Crippen LogP contribution in [0.4, 0.5) is 8.78 Å². The normalized spacial score (nSPS) is 23.9. The fraction of sp³-hybridized carbons (Fsp3) is 1.00. The van der Waals surface area contributed by atoms with E-state index >= 15 is 0 Å². The molecule has 0 heterocycles. The molecule has 0 aliphatic rings. The van der Waals surface area contributed by atoms with Crippen molar-refractivity contribution in [1.82, 2.24) is 0 Å².